The van der Waals surface area contributed by atoms with Gasteiger partial charge in [0, 0.05) is 34.8 Å². The maximum absolute atomic E-state index is 6.12. The first-order valence-electron chi connectivity index (χ1n) is 9.07. The Morgan fingerprint density at radius 3 is 2.66 bits per heavy atom. The van der Waals surface area contributed by atoms with Crippen molar-refractivity contribution in [2.24, 2.45) is 10.7 Å². The Hall–Kier alpha value is -2.34. The number of aryl methyl sites for hydroxylation is 1. The average molecular weight is 451 g/mol. The summed E-state index contributed by atoms with van der Waals surface area (Å²) in [6.45, 7) is 2.61. The number of aliphatic imine (C=N–C) groups is 1. The molecule has 1 atom stereocenters. The van der Waals surface area contributed by atoms with Crippen LogP contribution >= 0.6 is 34.8 Å². The number of halogens is 3. The molecular formula is C21H22Cl3N5. The summed E-state index contributed by atoms with van der Waals surface area (Å²) in [5, 5.41) is 11.1. The minimum absolute atomic E-state index is 0.402. The van der Waals surface area contributed by atoms with Crippen LogP contribution in [0.15, 0.2) is 64.4 Å². The number of nitrogens with zero attached hydrogens (tertiary/aromatic N) is 1. The molecule has 2 aromatic carbocycles. The molecule has 0 aliphatic carbocycles. The van der Waals surface area contributed by atoms with Crippen molar-refractivity contribution in [2.75, 3.05) is 17.2 Å². The molecule has 5 N–H and O–H groups in total. The van der Waals surface area contributed by atoms with Crippen molar-refractivity contribution in [3.05, 3.63) is 75.6 Å². The number of dihydropyridines is 1. The summed E-state index contributed by atoms with van der Waals surface area (Å²) in [5.41, 5.74) is 10.9. The summed E-state index contributed by atoms with van der Waals surface area (Å²) in [7, 11) is 0. The van der Waals surface area contributed by atoms with E-state index in [2.05, 4.69) is 27.0 Å². The second-order valence-corrected chi connectivity index (χ2v) is 7.85. The predicted octanol–water partition coefficient (Wildman–Crippen LogP) is 5.47. The van der Waals surface area contributed by atoms with E-state index in [9.17, 15) is 0 Å². The molecule has 0 saturated heterocycles. The quantitative estimate of drug-likeness (QED) is 0.195. The normalized spacial score (nSPS) is 16.2. The summed E-state index contributed by atoms with van der Waals surface area (Å²) in [6, 6.07) is 11.9. The minimum Gasteiger partial charge on any atom is -0.390 e. The smallest absolute Gasteiger partial charge is 0.137 e. The van der Waals surface area contributed by atoms with Crippen LogP contribution in [0, 0.1) is 6.92 Å². The molecular weight excluding hydrogens is 429 g/mol. The van der Waals surface area contributed by atoms with Crippen LogP contribution in [0.5, 0.6) is 0 Å². The molecule has 1 aliphatic rings. The third kappa shape index (κ3) is 5.82. The molecule has 0 radical (unpaired) electrons. The van der Waals surface area contributed by atoms with Gasteiger partial charge in [0.05, 0.1) is 17.1 Å². The summed E-state index contributed by atoms with van der Waals surface area (Å²) in [4.78, 5) is 4.13. The Labute approximate surface area is 185 Å². The molecule has 2 aromatic rings. The molecule has 152 valence electrons. The zero-order chi connectivity index (χ0) is 20.8. The number of hydrogen-bond acceptors (Lipinski definition) is 4. The van der Waals surface area contributed by atoms with Gasteiger partial charge in [-0.05, 0) is 66.9 Å². The molecule has 1 unspecified atom stereocenters. The van der Waals surface area contributed by atoms with Gasteiger partial charge < -0.3 is 21.7 Å². The summed E-state index contributed by atoms with van der Waals surface area (Å²) in [5.74, 6) is 0. The summed E-state index contributed by atoms with van der Waals surface area (Å²) in [6.07, 6.45) is 5.66. The fraction of sp³-hybridized carbons (Fsp3) is 0.190. The maximum atomic E-state index is 6.12. The second-order valence-electron chi connectivity index (χ2n) is 6.54. The highest BCUT2D eigenvalue weighted by Crippen LogP contribution is 2.29. The fourth-order valence-electron chi connectivity index (χ4n) is 2.92. The van der Waals surface area contributed by atoms with Crippen molar-refractivity contribution in [1.29, 1.82) is 0 Å². The third-order valence-corrected chi connectivity index (χ3v) is 5.42. The molecule has 0 amide bonds. The number of alkyl halides is 1. The van der Waals surface area contributed by atoms with Crippen molar-refractivity contribution in [3.63, 3.8) is 0 Å². The maximum Gasteiger partial charge on any atom is 0.137 e. The van der Waals surface area contributed by atoms with Gasteiger partial charge in [0.2, 0.25) is 0 Å². The van der Waals surface area contributed by atoms with Crippen LogP contribution in [0.3, 0.4) is 0 Å². The van der Waals surface area contributed by atoms with E-state index >= 15 is 0 Å². The second kappa shape index (κ2) is 9.92. The van der Waals surface area contributed by atoms with Crippen molar-refractivity contribution >= 4 is 58.2 Å². The van der Waals surface area contributed by atoms with Crippen LogP contribution in [0.1, 0.15) is 11.1 Å². The Morgan fingerprint density at radius 2 is 1.93 bits per heavy atom. The molecule has 0 bridgehead atoms. The van der Waals surface area contributed by atoms with Crippen LogP contribution in [-0.4, -0.2) is 18.4 Å². The molecule has 0 spiro atoms. The molecule has 8 heteroatoms. The topological polar surface area (TPSA) is 74.5 Å². The Kier molecular flexibility index (Phi) is 7.31. The zero-order valence-electron chi connectivity index (χ0n) is 15.8. The lowest BCUT2D eigenvalue weighted by Crippen LogP contribution is -2.23. The van der Waals surface area contributed by atoms with E-state index in [1.54, 1.807) is 12.3 Å². The fourth-order valence-corrected chi connectivity index (χ4v) is 3.45. The molecule has 0 aromatic heterocycles. The molecule has 5 nitrogen and oxygen atoms in total. The van der Waals surface area contributed by atoms with Gasteiger partial charge in [0.1, 0.15) is 5.50 Å². The largest absolute Gasteiger partial charge is 0.390 e. The average Bonchev–Trinajstić information content (AvgIpc) is 2.69. The van der Waals surface area contributed by atoms with Gasteiger partial charge in [-0.1, -0.05) is 34.8 Å². The monoisotopic (exact) mass is 449 g/mol. The van der Waals surface area contributed by atoms with Crippen molar-refractivity contribution in [1.82, 2.24) is 5.32 Å². The highest BCUT2D eigenvalue weighted by molar-refractivity contribution is 6.37. The number of nitrogens with one attached hydrogen (secondary N) is 3. The van der Waals surface area contributed by atoms with Crippen LogP contribution in [0.25, 0.3) is 0 Å². The van der Waals surface area contributed by atoms with Gasteiger partial charge in [-0.25, -0.2) is 0 Å². The highest BCUT2D eigenvalue weighted by Gasteiger charge is 2.13. The molecule has 1 heterocycles. The van der Waals surface area contributed by atoms with E-state index in [0.29, 0.717) is 16.6 Å². The van der Waals surface area contributed by atoms with E-state index in [1.807, 2.05) is 37.3 Å². The van der Waals surface area contributed by atoms with Gasteiger partial charge in [-0.3, -0.25) is 4.99 Å². The van der Waals surface area contributed by atoms with E-state index in [4.69, 9.17) is 40.5 Å². The van der Waals surface area contributed by atoms with E-state index < -0.39 is 5.50 Å². The first kappa shape index (κ1) is 21.4. The van der Waals surface area contributed by atoms with E-state index in [1.165, 1.54) is 6.34 Å². The van der Waals surface area contributed by atoms with Crippen LogP contribution in [-0.2, 0) is 6.42 Å². The van der Waals surface area contributed by atoms with Gasteiger partial charge in [-0.15, -0.1) is 0 Å². The Bertz CT molecular complexity index is 969. The van der Waals surface area contributed by atoms with Crippen LogP contribution < -0.4 is 21.7 Å². The molecule has 1 aliphatic heterocycles. The van der Waals surface area contributed by atoms with Gasteiger partial charge >= 0.3 is 0 Å². The number of anilines is 3. The van der Waals surface area contributed by atoms with Gasteiger partial charge in [-0.2, -0.15) is 0 Å². The Balaban J connectivity index is 1.84. The third-order valence-electron chi connectivity index (χ3n) is 4.39. The number of nitrogens with two attached hydrogens (primary N) is 1. The van der Waals surface area contributed by atoms with Crippen molar-refractivity contribution in [2.45, 2.75) is 18.8 Å². The lowest BCUT2D eigenvalue weighted by molar-refractivity contribution is 0.876. The highest BCUT2D eigenvalue weighted by atomic mass is 35.5. The van der Waals surface area contributed by atoms with Gasteiger partial charge in [0.25, 0.3) is 0 Å². The predicted molar refractivity (Wildman–Crippen MR) is 126 cm³/mol. The first-order valence-corrected chi connectivity index (χ1v) is 10.3. The zero-order valence-corrected chi connectivity index (χ0v) is 18.1. The first-order chi connectivity index (χ1) is 14.0. The molecule has 3 rings (SSSR count). The van der Waals surface area contributed by atoms with Crippen LogP contribution in [0.2, 0.25) is 5.02 Å². The molecule has 29 heavy (non-hydrogen) atoms. The molecule has 0 saturated carbocycles. The number of rotatable bonds is 7. The minimum atomic E-state index is -0.402. The SMILES string of the molecule is Cc1cc(Cl)ccc1Nc1ccc(NC2=CNC(Cl)C(Cl)=C2)cc1CCN=CN. The summed E-state index contributed by atoms with van der Waals surface area (Å²) >= 11 is 18.2. The molecule has 0 fully saturated rings. The van der Waals surface area contributed by atoms with Crippen molar-refractivity contribution in [3.8, 4) is 0 Å². The van der Waals surface area contributed by atoms with E-state index in [-0.39, 0.29) is 0 Å². The van der Waals surface area contributed by atoms with Crippen molar-refractivity contribution < 1.29 is 0 Å². The number of benzene rings is 2. The standard InChI is InChI=1S/C21H22Cl3N5/c1-13-8-15(22)2-4-19(13)29-20-5-3-16(9-14(20)6-7-26-12-25)28-17-10-18(23)21(24)27-11-17/h2-5,8-12,21,27-29H,6-7H2,1H3,(H2,25,26). The summed E-state index contributed by atoms with van der Waals surface area (Å²) < 4.78 is 0. The lowest BCUT2D eigenvalue weighted by atomic mass is 10.1. The Morgan fingerprint density at radius 1 is 1.14 bits per heavy atom. The lowest BCUT2D eigenvalue weighted by Gasteiger charge is -2.19. The number of allylic oxidation sites excluding steroid dienone is 1. The van der Waals surface area contributed by atoms with Gasteiger partial charge in [0.15, 0.2) is 0 Å². The van der Waals surface area contributed by atoms with E-state index in [0.717, 1.165) is 40.3 Å². The number of hydrogen-bond donors (Lipinski definition) is 4. The van der Waals surface area contributed by atoms with Crippen LogP contribution in [0.4, 0.5) is 17.1 Å².